The summed E-state index contributed by atoms with van der Waals surface area (Å²) in [5.41, 5.74) is 1.23. The summed E-state index contributed by atoms with van der Waals surface area (Å²) in [6.45, 7) is 2.53. The van der Waals surface area contributed by atoms with E-state index in [2.05, 4.69) is 0 Å². The van der Waals surface area contributed by atoms with Crippen LogP contribution in [0, 0.1) is 0 Å². The van der Waals surface area contributed by atoms with Gasteiger partial charge in [-0.15, -0.1) is 0 Å². The molecule has 0 saturated carbocycles. The Bertz CT molecular complexity index is 800. The molecule has 112 valence electrons. The lowest BCUT2D eigenvalue weighted by molar-refractivity contribution is 0.101. The van der Waals surface area contributed by atoms with Crippen LogP contribution in [0.5, 0.6) is 11.5 Å². The number of rotatable bonds is 5. The number of ether oxygens (including phenoxy) is 2. The molecule has 2 aromatic carbocycles. The van der Waals surface area contributed by atoms with Crippen LogP contribution in [0.4, 0.5) is 0 Å². The molecule has 0 atom stereocenters. The summed E-state index contributed by atoms with van der Waals surface area (Å²) in [4.78, 5) is 12.5. The van der Waals surface area contributed by atoms with Gasteiger partial charge in [0.15, 0.2) is 5.76 Å². The lowest BCUT2D eigenvalue weighted by Crippen LogP contribution is -1.99. The number of hydrogen-bond donors (Lipinski definition) is 0. The van der Waals surface area contributed by atoms with E-state index >= 15 is 0 Å². The third kappa shape index (κ3) is 2.68. The van der Waals surface area contributed by atoms with E-state index < -0.39 is 0 Å². The van der Waals surface area contributed by atoms with Crippen LogP contribution in [-0.2, 0) is 0 Å². The summed E-state index contributed by atoms with van der Waals surface area (Å²) in [5.74, 6) is 1.63. The minimum absolute atomic E-state index is 0.156. The van der Waals surface area contributed by atoms with E-state index in [9.17, 15) is 4.79 Å². The molecule has 4 heteroatoms. The molecule has 0 spiro atoms. The Morgan fingerprint density at radius 2 is 1.77 bits per heavy atom. The van der Waals surface area contributed by atoms with Crippen molar-refractivity contribution in [2.45, 2.75) is 6.92 Å². The third-order valence-electron chi connectivity index (χ3n) is 3.37. The van der Waals surface area contributed by atoms with Gasteiger partial charge in [0.2, 0.25) is 5.78 Å². The molecule has 0 aliphatic heterocycles. The van der Waals surface area contributed by atoms with Gasteiger partial charge >= 0.3 is 0 Å². The lowest BCUT2D eigenvalue weighted by atomic mass is 10.1. The van der Waals surface area contributed by atoms with Gasteiger partial charge < -0.3 is 13.9 Å². The van der Waals surface area contributed by atoms with Crippen molar-refractivity contribution in [1.82, 2.24) is 0 Å². The number of furan rings is 1. The number of ketones is 1. The Morgan fingerprint density at radius 1 is 1.05 bits per heavy atom. The molecule has 1 aromatic heterocycles. The number of fused-ring (bicyclic) bond motifs is 1. The highest BCUT2D eigenvalue weighted by Crippen LogP contribution is 2.26. The first-order valence-electron chi connectivity index (χ1n) is 7.06. The maximum absolute atomic E-state index is 12.5. The Balaban J connectivity index is 1.92. The predicted molar refractivity (Wildman–Crippen MR) is 83.8 cm³/mol. The highest BCUT2D eigenvalue weighted by molar-refractivity contribution is 6.09. The lowest BCUT2D eigenvalue weighted by Gasteiger charge is -2.01. The molecule has 0 radical (unpaired) electrons. The van der Waals surface area contributed by atoms with Gasteiger partial charge in [-0.2, -0.15) is 0 Å². The van der Waals surface area contributed by atoms with Crippen molar-refractivity contribution in [3.8, 4) is 11.5 Å². The second kappa shape index (κ2) is 5.93. The van der Waals surface area contributed by atoms with Gasteiger partial charge in [-0.05, 0) is 55.5 Å². The number of carbonyl (C=O) groups excluding carboxylic acids is 1. The summed E-state index contributed by atoms with van der Waals surface area (Å²) in [5, 5.41) is 0.850. The van der Waals surface area contributed by atoms with E-state index in [4.69, 9.17) is 13.9 Å². The summed E-state index contributed by atoms with van der Waals surface area (Å²) in [6, 6.07) is 14.2. The van der Waals surface area contributed by atoms with Crippen molar-refractivity contribution in [2.24, 2.45) is 0 Å². The molecule has 0 unspecified atom stereocenters. The van der Waals surface area contributed by atoms with Gasteiger partial charge in [0.1, 0.15) is 17.1 Å². The van der Waals surface area contributed by atoms with Gasteiger partial charge in [0.05, 0.1) is 13.7 Å². The van der Waals surface area contributed by atoms with Gasteiger partial charge in [0.25, 0.3) is 0 Å². The van der Waals surface area contributed by atoms with Crippen molar-refractivity contribution < 1.29 is 18.7 Å². The van der Waals surface area contributed by atoms with E-state index in [1.54, 1.807) is 37.4 Å². The molecule has 22 heavy (non-hydrogen) atoms. The van der Waals surface area contributed by atoms with Crippen molar-refractivity contribution in [3.05, 3.63) is 59.9 Å². The predicted octanol–water partition coefficient (Wildman–Crippen LogP) is 4.07. The van der Waals surface area contributed by atoms with E-state index in [0.29, 0.717) is 29.3 Å². The quantitative estimate of drug-likeness (QED) is 0.666. The van der Waals surface area contributed by atoms with Crippen LogP contribution in [0.1, 0.15) is 23.0 Å². The van der Waals surface area contributed by atoms with Gasteiger partial charge in [-0.25, -0.2) is 0 Å². The normalized spacial score (nSPS) is 10.6. The molecule has 1 heterocycles. The van der Waals surface area contributed by atoms with Crippen LogP contribution < -0.4 is 9.47 Å². The zero-order valence-electron chi connectivity index (χ0n) is 12.5. The van der Waals surface area contributed by atoms with Crippen LogP contribution in [0.25, 0.3) is 11.0 Å². The minimum atomic E-state index is -0.156. The standard InChI is InChI=1S/C18H16O4/c1-3-21-15-8-9-16-13(10-15)11-17(22-16)18(19)12-4-6-14(20-2)7-5-12/h4-11H,3H2,1-2H3. The fourth-order valence-corrected chi connectivity index (χ4v) is 2.27. The average molecular weight is 296 g/mol. The summed E-state index contributed by atoms with van der Waals surface area (Å²) >= 11 is 0. The summed E-state index contributed by atoms with van der Waals surface area (Å²) < 4.78 is 16.2. The zero-order chi connectivity index (χ0) is 15.5. The smallest absolute Gasteiger partial charge is 0.228 e. The van der Waals surface area contributed by atoms with Crippen molar-refractivity contribution in [2.75, 3.05) is 13.7 Å². The highest BCUT2D eigenvalue weighted by Gasteiger charge is 2.15. The Kier molecular flexibility index (Phi) is 3.83. The van der Waals surface area contributed by atoms with Crippen LogP contribution in [0.15, 0.2) is 52.9 Å². The third-order valence-corrected chi connectivity index (χ3v) is 3.37. The molecule has 0 bridgehead atoms. The first kappa shape index (κ1) is 14.2. The van der Waals surface area contributed by atoms with Crippen molar-refractivity contribution >= 4 is 16.8 Å². The molecule has 4 nitrogen and oxygen atoms in total. The fourth-order valence-electron chi connectivity index (χ4n) is 2.27. The second-order valence-electron chi connectivity index (χ2n) is 4.80. The molecule has 0 N–H and O–H groups in total. The van der Waals surface area contributed by atoms with Crippen LogP contribution in [0.3, 0.4) is 0 Å². The molecule has 3 aromatic rings. The molecule has 3 rings (SSSR count). The van der Waals surface area contributed by atoms with E-state index in [1.807, 2.05) is 25.1 Å². The molecule has 0 amide bonds. The van der Waals surface area contributed by atoms with E-state index in [-0.39, 0.29) is 5.78 Å². The van der Waals surface area contributed by atoms with Crippen molar-refractivity contribution in [1.29, 1.82) is 0 Å². The maximum Gasteiger partial charge on any atom is 0.228 e. The SMILES string of the molecule is CCOc1ccc2oc(C(=O)c3ccc(OC)cc3)cc2c1. The van der Waals surface area contributed by atoms with Crippen LogP contribution >= 0.6 is 0 Å². The van der Waals surface area contributed by atoms with Gasteiger partial charge in [-0.1, -0.05) is 0 Å². The molecular formula is C18H16O4. The first-order chi connectivity index (χ1) is 10.7. The largest absolute Gasteiger partial charge is 0.497 e. The summed E-state index contributed by atoms with van der Waals surface area (Å²) in [7, 11) is 1.59. The Morgan fingerprint density at radius 3 is 2.45 bits per heavy atom. The van der Waals surface area contributed by atoms with Crippen molar-refractivity contribution in [3.63, 3.8) is 0 Å². The minimum Gasteiger partial charge on any atom is -0.497 e. The van der Waals surface area contributed by atoms with Gasteiger partial charge in [-0.3, -0.25) is 4.79 Å². The molecule has 0 aliphatic rings. The number of methoxy groups -OCH3 is 1. The van der Waals surface area contributed by atoms with E-state index in [0.717, 1.165) is 11.1 Å². The number of benzene rings is 2. The number of hydrogen-bond acceptors (Lipinski definition) is 4. The molecule has 0 saturated heterocycles. The fraction of sp³-hybridized carbons (Fsp3) is 0.167. The monoisotopic (exact) mass is 296 g/mol. The maximum atomic E-state index is 12.5. The summed E-state index contributed by atoms with van der Waals surface area (Å²) in [6.07, 6.45) is 0. The topological polar surface area (TPSA) is 48.7 Å². The highest BCUT2D eigenvalue weighted by atomic mass is 16.5. The Labute approximate surface area is 128 Å². The Hall–Kier alpha value is -2.75. The second-order valence-corrected chi connectivity index (χ2v) is 4.80. The van der Waals surface area contributed by atoms with Crippen LogP contribution in [0.2, 0.25) is 0 Å². The zero-order valence-corrected chi connectivity index (χ0v) is 12.5. The van der Waals surface area contributed by atoms with Crippen LogP contribution in [-0.4, -0.2) is 19.5 Å². The number of carbonyl (C=O) groups is 1. The average Bonchev–Trinajstić information content (AvgIpc) is 2.98. The first-order valence-corrected chi connectivity index (χ1v) is 7.06. The van der Waals surface area contributed by atoms with Gasteiger partial charge in [0, 0.05) is 10.9 Å². The van der Waals surface area contributed by atoms with E-state index in [1.165, 1.54) is 0 Å². The molecule has 0 aliphatic carbocycles. The molecule has 0 fully saturated rings. The molecular weight excluding hydrogens is 280 g/mol.